The van der Waals surface area contributed by atoms with Crippen molar-refractivity contribution in [3.8, 4) is 0 Å². The first kappa shape index (κ1) is 14.2. The van der Waals surface area contributed by atoms with Crippen LogP contribution in [-0.4, -0.2) is 44.2 Å². The Kier molecular flexibility index (Phi) is 4.20. The fourth-order valence-corrected chi connectivity index (χ4v) is 3.06. The SMILES string of the molecule is CN(C)C1CCN(c2ccc(CNC3CC3)c(Cl)c2)C1. The molecule has 2 aliphatic rings. The summed E-state index contributed by atoms with van der Waals surface area (Å²) < 4.78 is 0. The van der Waals surface area contributed by atoms with E-state index in [1.807, 2.05) is 0 Å². The number of likely N-dealkylation sites (N-methyl/N-ethyl adjacent to an activating group) is 1. The van der Waals surface area contributed by atoms with E-state index in [4.69, 9.17) is 11.6 Å². The quantitative estimate of drug-likeness (QED) is 0.900. The van der Waals surface area contributed by atoms with E-state index in [-0.39, 0.29) is 0 Å². The van der Waals surface area contributed by atoms with Crippen LogP contribution >= 0.6 is 11.6 Å². The van der Waals surface area contributed by atoms with E-state index >= 15 is 0 Å². The summed E-state index contributed by atoms with van der Waals surface area (Å²) in [5.41, 5.74) is 2.47. The fraction of sp³-hybridized carbons (Fsp3) is 0.625. The van der Waals surface area contributed by atoms with Gasteiger partial charge in [-0.2, -0.15) is 0 Å². The average Bonchev–Trinajstić information content (AvgIpc) is 3.11. The zero-order valence-corrected chi connectivity index (χ0v) is 13.2. The molecule has 0 spiro atoms. The second kappa shape index (κ2) is 5.92. The van der Waals surface area contributed by atoms with Gasteiger partial charge in [-0.1, -0.05) is 17.7 Å². The standard InChI is InChI=1S/C16H24ClN3/c1-19(2)15-7-8-20(11-15)14-6-3-12(16(17)9-14)10-18-13-4-5-13/h3,6,9,13,15,18H,4-5,7-8,10-11H2,1-2H3. The maximum atomic E-state index is 6.43. The number of benzene rings is 1. The minimum atomic E-state index is 0.657. The van der Waals surface area contributed by atoms with Gasteiger partial charge in [0.25, 0.3) is 0 Å². The van der Waals surface area contributed by atoms with Crippen LogP contribution in [0.3, 0.4) is 0 Å². The van der Waals surface area contributed by atoms with E-state index in [0.717, 1.165) is 30.7 Å². The summed E-state index contributed by atoms with van der Waals surface area (Å²) >= 11 is 6.43. The molecule has 3 rings (SSSR count). The van der Waals surface area contributed by atoms with Gasteiger partial charge in [0, 0.05) is 42.4 Å². The third-order valence-corrected chi connectivity index (χ3v) is 4.81. The van der Waals surface area contributed by atoms with Gasteiger partial charge in [-0.25, -0.2) is 0 Å². The number of halogens is 1. The van der Waals surface area contributed by atoms with Gasteiger partial charge in [-0.3, -0.25) is 0 Å². The predicted octanol–water partition coefficient (Wildman–Crippen LogP) is 2.73. The van der Waals surface area contributed by atoms with Gasteiger partial charge in [-0.15, -0.1) is 0 Å². The van der Waals surface area contributed by atoms with E-state index in [9.17, 15) is 0 Å². The monoisotopic (exact) mass is 293 g/mol. The molecule has 0 aromatic heterocycles. The van der Waals surface area contributed by atoms with Gasteiger partial charge in [0.1, 0.15) is 0 Å². The predicted molar refractivity (Wildman–Crippen MR) is 85.6 cm³/mol. The molecule has 1 aliphatic heterocycles. The summed E-state index contributed by atoms with van der Waals surface area (Å²) in [6, 6.07) is 7.91. The van der Waals surface area contributed by atoms with E-state index in [2.05, 4.69) is 47.4 Å². The van der Waals surface area contributed by atoms with Crippen molar-refractivity contribution in [1.82, 2.24) is 10.2 Å². The molecule has 1 aromatic rings. The Bertz CT molecular complexity index is 471. The zero-order valence-electron chi connectivity index (χ0n) is 12.4. The summed E-state index contributed by atoms with van der Waals surface area (Å²) in [5.74, 6) is 0. The summed E-state index contributed by atoms with van der Waals surface area (Å²) in [5, 5.41) is 4.41. The molecule has 0 bridgehead atoms. The Morgan fingerprint density at radius 1 is 1.30 bits per heavy atom. The Labute approximate surface area is 126 Å². The lowest BCUT2D eigenvalue weighted by Gasteiger charge is -2.22. The normalized spacial score (nSPS) is 22.8. The van der Waals surface area contributed by atoms with Gasteiger partial charge in [-0.05, 0) is 51.1 Å². The molecular weight excluding hydrogens is 270 g/mol. The Morgan fingerprint density at radius 3 is 2.70 bits per heavy atom. The molecule has 20 heavy (non-hydrogen) atoms. The molecule has 2 fully saturated rings. The Balaban J connectivity index is 1.64. The molecule has 1 atom stereocenters. The average molecular weight is 294 g/mol. The minimum Gasteiger partial charge on any atom is -0.370 e. The van der Waals surface area contributed by atoms with Crippen molar-refractivity contribution in [3.05, 3.63) is 28.8 Å². The van der Waals surface area contributed by atoms with Crippen LogP contribution in [-0.2, 0) is 6.54 Å². The van der Waals surface area contributed by atoms with Gasteiger partial charge >= 0.3 is 0 Å². The molecule has 0 radical (unpaired) electrons. The van der Waals surface area contributed by atoms with Gasteiger partial charge in [0.2, 0.25) is 0 Å². The van der Waals surface area contributed by atoms with Crippen molar-refractivity contribution < 1.29 is 0 Å². The molecule has 1 unspecified atom stereocenters. The van der Waals surface area contributed by atoms with Crippen molar-refractivity contribution in [3.63, 3.8) is 0 Å². The van der Waals surface area contributed by atoms with Crippen molar-refractivity contribution in [2.24, 2.45) is 0 Å². The van der Waals surface area contributed by atoms with Crippen LogP contribution in [0.25, 0.3) is 0 Å². The van der Waals surface area contributed by atoms with Crippen molar-refractivity contribution in [2.45, 2.75) is 37.9 Å². The molecule has 1 aromatic carbocycles. The lowest BCUT2D eigenvalue weighted by atomic mass is 10.2. The topological polar surface area (TPSA) is 18.5 Å². The van der Waals surface area contributed by atoms with Crippen LogP contribution < -0.4 is 10.2 Å². The molecule has 0 amide bonds. The highest BCUT2D eigenvalue weighted by Gasteiger charge is 2.24. The van der Waals surface area contributed by atoms with Crippen LogP contribution in [0.5, 0.6) is 0 Å². The first-order chi connectivity index (χ1) is 9.63. The number of hydrogen-bond acceptors (Lipinski definition) is 3. The van der Waals surface area contributed by atoms with Gasteiger partial charge in [0.15, 0.2) is 0 Å². The first-order valence-corrected chi connectivity index (χ1v) is 7.94. The van der Waals surface area contributed by atoms with Crippen LogP contribution in [0.2, 0.25) is 5.02 Å². The van der Waals surface area contributed by atoms with Crippen LogP contribution in [0, 0.1) is 0 Å². The number of anilines is 1. The van der Waals surface area contributed by atoms with E-state index < -0.39 is 0 Å². The Morgan fingerprint density at radius 2 is 2.10 bits per heavy atom. The summed E-state index contributed by atoms with van der Waals surface area (Å²) in [4.78, 5) is 4.75. The lowest BCUT2D eigenvalue weighted by Crippen LogP contribution is -2.31. The third-order valence-electron chi connectivity index (χ3n) is 4.45. The van der Waals surface area contributed by atoms with E-state index in [1.54, 1.807) is 0 Å². The number of rotatable bonds is 5. The molecule has 1 saturated heterocycles. The van der Waals surface area contributed by atoms with E-state index in [0.29, 0.717) is 6.04 Å². The van der Waals surface area contributed by atoms with Crippen LogP contribution in [0.1, 0.15) is 24.8 Å². The van der Waals surface area contributed by atoms with Crippen molar-refractivity contribution in [2.75, 3.05) is 32.1 Å². The summed E-state index contributed by atoms with van der Waals surface area (Å²) in [6.07, 6.45) is 3.86. The van der Waals surface area contributed by atoms with Gasteiger partial charge in [0.05, 0.1) is 0 Å². The summed E-state index contributed by atoms with van der Waals surface area (Å²) in [6.45, 7) is 3.12. The van der Waals surface area contributed by atoms with Gasteiger partial charge < -0.3 is 15.1 Å². The van der Waals surface area contributed by atoms with Crippen molar-refractivity contribution in [1.29, 1.82) is 0 Å². The highest BCUT2D eigenvalue weighted by molar-refractivity contribution is 6.31. The molecule has 1 N–H and O–H groups in total. The fourth-order valence-electron chi connectivity index (χ4n) is 2.82. The second-order valence-corrected chi connectivity index (χ2v) is 6.69. The second-order valence-electron chi connectivity index (χ2n) is 6.28. The maximum absolute atomic E-state index is 6.43. The molecule has 1 saturated carbocycles. The highest BCUT2D eigenvalue weighted by Crippen LogP contribution is 2.28. The van der Waals surface area contributed by atoms with Crippen LogP contribution in [0.15, 0.2) is 18.2 Å². The van der Waals surface area contributed by atoms with Crippen LogP contribution in [0.4, 0.5) is 5.69 Å². The highest BCUT2D eigenvalue weighted by atomic mass is 35.5. The molecule has 4 heteroatoms. The number of nitrogens with one attached hydrogen (secondary N) is 1. The molecule has 3 nitrogen and oxygen atoms in total. The first-order valence-electron chi connectivity index (χ1n) is 7.56. The molecular formula is C16H24ClN3. The molecule has 1 aliphatic carbocycles. The maximum Gasteiger partial charge on any atom is 0.0471 e. The third kappa shape index (κ3) is 3.27. The zero-order chi connectivity index (χ0) is 14.1. The molecule has 110 valence electrons. The minimum absolute atomic E-state index is 0.657. The number of nitrogens with zero attached hydrogens (tertiary/aromatic N) is 2. The number of hydrogen-bond donors (Lipinski definition) is 1. The van der Waals surface area contributed by atoms with E-state index in [1.165, 1.54) is 30.5 Å². The largest absolute Gasteiger partial charge is 0.370 e. The lowest BCUT2D eigenvalue weighted by molar-refractivity contribution is 0.315. The molecule has 1 heterocycles. The smallest absolute Gasteiger partial charge is 0.0471 e. The Hall–Kier alpha value is -0.770. The summed E-state index contributed by atoms with van der Waals surface area (Å²) in [7, 11) is 4.32. The van der Waals surface area contributed by atoms with Crippen molar-refractivity contribution >= 4 is 17.3 Å².